The summed E-state index contributed by atoms with van der Waals surface area (Å²) in [6, 6.07) is 11.5. The van der Waals surface area contributed by atoms with Crippen molar-refractivity contribution < 1.29 is 4.79 Å². The van der Waals surface area contributed by atoms with E-state index in [9.17, 15) is 4.79 Å². The second kappa shape index (κ2) is 4.81. The summed E-state index contributed by atoms with van der Waals surface area (Å²) in [5.41, 5.74) is 4.63. The lowest BCUT2D eigenvalue weighted by Crippen LogP contribution is -2.11. The van der Waals surface area contributed by atoms with E-state index in [1.165, 1.54) is 0 Å². The van der Waals surface area contributed by atoms with Crippen molar-refractivity contribution in [3.8, 4) is 0 Å². The Morgan fingerprint density at radius 3 is 2.60 bits per heavy atom. The Morgan fingerprint density at radius 2 is 1.85 bits per heavy atom. The van der Waals surface area contributed by atoms with Crippen LogP contribution in [-0.4, -0.2) is 16.1 Å². The van der Waals surface area contributed by atoms with Gasteiger partial charge in [-0.1, -0.05) is 6.07 Å². The number of fused-ring (bicyclic) bond motifs is 1. The monoisotopic (exact) mass is 265 g/mol. The van der Waals surface area contributed by atoms with Crippen LogP contribution >= 0.6 is 0 Å². The van der Waals surface area contributed by atoms with Crippen molar-refractivity contribution in [3.05, 3.63) is 59.3 Å². The van der Waals surface area contributed by atoms with Gasteiger partial charge in [-0.2, -0.15) is 5.10 Å². The summed E-state index contributed by atoms with van der Waals surface area (Å²) in [4.78, 5) is 12.3. The summed E-state index contributed by atoms with van der Waals surface area (Å²) < 4.78 is 0. The molecule has 0 atom stereocenters. The van der Waals surface area contributed by atoms with Crippen molar-refractivity contribution in [1.29, 1.82) is 0 Å². The summed E-state index contributed by atoms with van der Waals surface area (Å²) in [6.07, 6.45) is 1.71. The number of hydrogen-bond acceptors (Lipinski definition) is 2. The maximum atomic E-state index is 12.3. The number of aromatic nitrogens is 2. The summed E-state index contributed by atoms with van der Waals surface area (Å²) >= 11 is 0. The van der Waals surface area contributed by atoms with Crippen LogP contribution < -0.4 is 5.32 Å². The van der Waals surface area contributed by atoms with Crippen molar-refractivity contribution in [2.24, 2.45) is 0 Å². The van der Waals surface area contributed by atoms with E-state index in [-0.39, 0.29) is 5.91 Å². The Hall–Kier alpha value is -2.62. The number of rotatable bonds is 2. The van der Waals surface area contributed by atoms with Crippen LogP contribution in [0.4, 0.5) is 5.69 Å². The molecule has 0 saturated heterocycles. The van der Waals surface area contributed by atoms with E-state index in [2.05, 4.69) is 21.6 Å². The predicted molar refractivity (Wildman–Crippen MR) is 80.0 cm³/mol. The van der Waals surface area contributed by atoms with Crippen molar-refractivity contribution in [2.45, 2.75) is 13.8 Å². The predicted octanol–water partition coefficient (Wildman–Crippen LogP) is 3.43. The second-order valence-electron chi connectivity index (χ2n) is 5.00. The van der Waals surface area contributed by atoms with E-state index in [0.717, 1.165) is 27.7 Å². The molecule has 0 unspecified atom stereocenters. The molecule has 0 aliphatic heterocycles. The van der Waals surface area contributed by atoms with Crippen LogP contribution in [0.5, 0.6) is 0 Å². The van der Waals surface area contributed by atoms with E-state index in [1.807, 2.05) is 38.1 Å². The molecule has 0 bridgehead atoms. The van der Waals surface area contributed by atoms with Gasteiger partial charge in [-0.25, -0.2) is 0 Å². The molecular weight excluding hydrogens is 250 g/mol. The molecule has 0 spiro atoms. The molecule has 2 aromatic carbocycles. The molecule has 2 N–H and O–H groups in total. The number of aryl methyl sites for hydroxylation is 2. The number of hydrogen-bond donors (Lipinski definition) is 2. The van der Waals surface area contributed by atoms with Crippen molar-refractivity contribution >= 4 is 22.5 Å². The number of nitrogens with zero attached hydrogens (tertiary/aromatic N) is 1. The Labute approximate surface area is 116 Å². The number of carbonyl (C=O) groups excluding carboxylic acids is 1. The maximum Gasteiger partial charge on any atom is 0.255 e. The van der Waals surface area contributed by atoms with Gasteiger partial charge in [0.25, 0.3) is 5.91 Å². The van der Waals surface area contributed by atoms with Gasteiger partial charge < -0.3 is 5.32 Å². The van der Waals surface area contributed by atoms with Gasteiger partial charge in [0, 0.05) is 16.6 Å². The Morgan fingerprint density at radius 1 is 1.10 bits per heavy atom. The molecular formula is C16H15N3O. The number of amides is 1. The minimum atomic E-state index is -0.113. The summed E-state index contributed by atoms with van der Waals surface area (Å²) in [5, 5.41) is 10.7. The molecule has 3 aromatic rings. The average molecular weight is 265 g/mol. The van der Waals surface area contributed by atoms with Gasteiger partial charge in [0.15, 0.2) is 0 Å². The lowest BCUT2D eigenvalue weighted by atomic mass is 10.1. The largest absolute Gasteiger partial charge is 0.322 e. The third-order valence-electron chi connectivity index (χ3n) is 3.18. The Bertz CT molecular complexity index is 769. The zero-order valence-electron chi connectivity index (χ0n) is 11.4. The number of H-pyrrole nitrogens is 1. The van der Waals surface area contributed by atoms with Crippen LogP contribution in [0, 0.1) is 13.8 Å². The highest BCUT2D eigenvalue weighted by molar-refractivity contribution is 6.06. The molecule has 20 heavy (non-hydrogen) atoms. The molecule has 1 heterocycles. The fraction of sp³-hybridized carbons (Fsp3) is 0.125. The van der Waals surface area contributed by atoms with Crippen LogP contribution in [0.25, 0.3) is 10.9 Å². The van der Waals surface area contributed by atoms with Crippen molar-refractivity contribution in [2.75, 3.05) is 5.32 Å². The highest BCUT2D eigenvalue weighted by Gasteiger charge is 2.08. The van der Waals surface area contributed by atoms with Crippen LogP contribution in [0.1, 0.15) is 21.5 Å². The molecule has 0 saturated carbocycles. The Balaban J connectivity index is 1.88. The van der Waals surface area contributed by atoms with E-state index >= 15 is 0 Å². The first-order chi connectivity index (χ1) is 9.61. The number of carbonyl (C=O) groups is 1. The first kappa shape index (κ1) is 12.4. The van der Waals surface area contributed by atoms with Gasteiger partial charge in [-0.3, -0.25) is 9.89 Å². The lowest BCUT2D eigenvalue weighted by molar-refractivity contribution is 0.102. The van der Waals surface area contributed by atoms with Crippen LogP contribution in [0.2, 0.25) is 0 Å². The molecule has 4 nitrogen and oxygen atoms in total. The third-order valence-corrected chi connectivity index (χ3v) is 3.18. The van der Waals surface area contributed by atoms with Gasteiger partial charge in [0.1, 0.15) is 0 Å². The van der Waals surface area contributed by atoms with Gasteiger partial charge in [-0.05, 0) is 55.3 Å². The Kier molecular flexibility index (Phi) is 2.99. The van der Waals surface area contributed by atoms with Crippen LogP contribution in [0.15, 0.2) is 42.6 Å². The summed E-state index contributed by atoms with van der Waals surface area (Å²) in [6.45, 7) is 4.03. The molecule has 1 amide bonds. The standard InChI is InChI=1S/C16H15N3O/c1-10-5-11(2)7-14(6-10)18-16(20)12-3-4-15-13(8-12)9-17-19-15/h3-9H,1-2H3,(H,17,19)(H,18,20). The molecule has 4 heteroatoms. The van der Waals surface area contributed by atoms with E-state index < -0.39 is 0 Å². The highest BCUT2D eigenvalue weighted by Crippen LogP contribution is 2.17. The van der Waals surface area contributed by atoms with E-state index in [1.54, 1.807) is 12.3 Å². The third kappa shape index (κ3) is 2.40. The van der Waals surface area contributed by atoms with Crippen LogP contribution in [-0.2, 0) is 0 Å². The highest BCUT2D eigenvalue weighted by atomic mass is 16.1. The molecule has 3 rings (SSSR count). The van der Waals surface area contributed by atoms with E-state index in [4.69, 9.17) is 0 Å². The lowest BCUT2D eigenvalue weighted by Gasteiger charge is -2.07. The van der Waals surface area contributed by atoms with Gasteiger partial charge in [0.05, 0.1) is 11.7 Å². The normalized spacial score (nSPS) is 10.7. The topological polar surface area (TPSA) is 57.8 Å². The fourth-order valence-electron chi connectivity index (χ4n) is 2.33. The minimum absolute atomic E-state index is 0.113. The quantitative estimate of drug-likeness (QED) is 0.745. The molecule has 0 fully saturated rings. The SMILES string of the molecule is Cc1cc(C)cc(NC(=O)c2ccc3[nH]ncc3c2)c1. The summed E-state index contributed by atoms with van der Waals surface area (Å²) in [7, 11) is 0. The number of anilines is 1. The minimum Gasteiger partial charge on any atom is -0.322 e. The maximum absolute atomic E-state index is 12.3. The number of aromatic amines is 1. The van der Waals surface area contributed by atoms with E-state index in [0.29, 0.717) is 5.56 Å². The van der Waals surface area contributed by atoms with Gasteiger partial charge in [-0.15, -0.1) is 0 Å². The van der Waals surface area contributed by atoms with Crippen molar-refractivity contribution in [3.63, 3.8) is 0 Å². The zero-order chi connectivity index (χ0) is 14.1. The first-order valence-corrected chi connectivity index (χ1v) is 6.44. The van der Waals surface area contributed by atoms with Gasteiger partial charge >= 0.3 is 0 Å². The fourth-order valence-corrected chi connectivity index (χ4v) is 2.33. The van der Waals surface area contributed by atoms with Crippen LogP contribution in [0.3, 0.4) is 0 Å². The average Bonchev–Trinajstić information content (AvgIpc) is 2.84. The van der Waals surface area contributed by atoms with Crippen molar-refractivity contribution in [1.82, 2.24) is 10.2 Å². The van der Waals surface area contributed by atoms with Gasteiger partial charge in [0.2, 0.25) is 0 Å². The number of nitrogens with one attached hydrogen (secondary N) is 2. The molecule has 0 aliphatic rings. The smallest absolute Gasteiger partial charge is 0.255 e. The number of benzene rings is 2. The molecule has 100 valence electrons. The molecule has 0 radical (unpaired) electrons. The second-order valence-corrected chi connectivity index (χ2v) is 5.00. The molecule has 0 aliphatic carbocycles. The molecule has 1 aromatic heterocycles. The summed E-state index contributed by atoms with van der Waals surface area (Å²) in [5.74, 6) is -0.113. The first-order valence-electron chi connectivity index (χ1n) is 6.44. The zero-order valence-corrected chi connectivity index (χ0v) is 11.4.